The fourth-order valence-corrected chi connectivity index (χ4v) is 3.04. The maximum atomic E-state index is 13.7. The van der Waals surface area contributed by atoms with E-state index in [0.29, 0.717) is 11.9 Å². The van der Waals surface area contributed by atoms with Gasteiger partial charge in [-0.05, 0) is 37.1 Å². The molecule has 6 nitrogen and oxygen atoms in total. The lowest BCUT2D eigenvalue weighted by atomic mass is 10.2. The molecule has 0 bridgehead atoms. The zero-order chi connectivity index (χ0) is 19.7. The molecule has 2 aromatic carbocycles. The summed E-state index contributed by atoms with van der Waals surface area (Å²) in [5.41, 5.74) is 0.218. The van der Waals surface area contributed by atoms with Gasteiger partial charge in [0.15, 0.2) is 0 Å². The van der Waals surface area contributed by atoms with Crippen molar-refractivity contribution in [1.82, 2.24) is 19.7 Å². The van der Waals surface area contributed by atoms with Crippen LogP contribution in [0.15, 0.2) is 53.3 Å². The summed E-state index contributed by atoms with van der Waals surface area (Å²) in [5, 5.41) is 6.98. The van der Waals surface area contributed by atoms with Gasteiger partial charge < -0.3 is 5.32 Å². The predicted octanol–water partition coefficient (Wildman–Crippen LogP) is 2.62. The fourth-order valence-electron chi connectivity index (χ4n) is 3.04. The summed E-state index contributed by atoms with van der Waals surface area (Å²) in [6.45, 7) is 0.235. The molecular formula is C20H18F2N4O2. The fraction of sp³-hybridized carbons (Fsp3) is 0.250. The van der Waals surface area contributed by atoms with Gasteiger partial charge >= 0.3 is 5.69 Å². The first-order valence-electron chi connectivity index (χ1n) is 9.03. The molecule has 0 unspecified atom stereocenters. The van der Waals surface area contributed by atoms with Crippen LogP contribution in [0.4, 0.5) is 8.78 Å². The zero-order valence-corrected chi connectivity index (χ0v) is 14.9. The molecule has 3 aromatic rings. The number of carbonyl (C=O) groups excluding carboxylic acids is 1. The Hall–Kier alpha value is -3.29. The SMILES string of the molecule is O=C(NCCn1nc(C2CC2)n(-c2ccccc2)c1=O)c1ccc(F)cc1F. The van der Waals surface area contributed by atoms with E-state index in [2.05, 4.69) is 10.4 Å². The highest BCUT2D eigenvalue weighted by Gasteiger charge is 2.31. The predicted molar refractivity (Wildman–Crippen MR) is 98.5 cm³/mol. The smallest absolute Gasteiger partial charge is 0.350 e. The molecule has 8 heteroatoms. The molecule has 1 saturated carbocycles. The van der Waals surface area contributed by atoms with Gasteiger partial charge in [-0.25, -0.2) is 22.8 Å². The highest BCUT2D eigenvalue weighted by atomic mass is 19.1. The van der Waals surface area contributed by atoms with Crippen LogP contribution in [0.2, 0.25) is 0 Å². The Morgan fingerprint density at radius 1 is 1.14 bits per heavy atom. The van der Waals surface area contributed by atoms with Gasteiger partial charge in [-0.15, -0.1) is 0 Å². The van der Waals surface area contributed by atoms with Crippen LogP contribution in [0.5, 0.6) is 0 Å². The second-order valence-electron chi connectivity index (χ2n) is 6.69. The third-order valence-electron chi connectivity index (χ3n) is 4.61. The first-order chi connectivity index (χ1) is 13.5. The molecule has 1 N–H and O–H groups in total. The van der Waals surface area contributed by atoms with E-state index in [4.69, 9.17) is 0 Å². The minimum atomic E-state index is -0.931. The first-order valence-corrected chi connectivity index (χ1v) is 9.03. The highest BCUT2D eigenvalue weighted by Crippen LogP contribution is 2.39. The van der Waals surface area contributed by atoms with Crippen molar-refractivity contribution in [2.45, 2.75) is 25.3 Å². The third kappa shape index (κ3) is 3.58. The van der Waals surface area contributed by atoms with E-state index in [1.165, 1.54) is 4.68 Å². The summed E-state index contributed by atoms with van der Waals surface area (Å²) in [5.74, 6) is -1.38. The summed E-state index contributed by atoms with van der Waals surface area (Å²) in [6, 6.07) is 12.0. The second kappa shape index (κ2) is 7.38. The minimum Gasteiger partial charge on any atom is -0.350 e. The van der Waals surface area contributed by atoms with Crippen LogP contribution in [0.25, 0.3) is 5.69 Å². The summed E-state index contributed by atoms with van der Waals surface area (Å²) >= 11 is 0. The monoisotopic (exact) mass is 384 g/mol. The third-order valence-corrected chi connectivity index (χ3v) is 4.61. The molecule has 1 heterocycles. The number of aromatic nitrogens is 3. The van der Waals surface area contributed by atoms with Gasteiger partial charge in [-0.1, -0.05) is 18.2 Å². The molecule has 1 fully saturated rings. The topological polar surface area (TPSA) is 68.9 Å². The number of hydrogen-bond acceptors (Lipinski definition) is 3. The Morgan fingerprint density at radius 2 is 1.89 bits per heavy atom. The van der Waals surface area contributed by atoms with Crippen molar-refractivity contribution in [3.8, 4) is 5.69 Å². The number of nitrogens with one attached hydrogen (secondary N) is 1. The van der Waals surface area contributed by atoms with Crippen molar-refractivity contribution < 1.29 is 13.6 Å². The molecule has 0 aliphatic heterocycles. The molecule has 0 saturated heterocycles. The maximum Gasteiger partial charge on any atom is 0.350 e. The molecule has 1 aliphatic carbocycles. The Bertz CT molecular complexity index is 1070. The number of hydrogen-bond donors (Lipinski definition) is 1. The number of carbonyl (C=O) groups is 1. The minimum absolute atomic E-state index is 0.0888. The molecular weight excluding hydrogens is 366 g/mol. The Balaban J connectivity index is 1.50. The molecule has 144 valence electrons. The van der Waals surface area contributed by atoms with Crippen LogP contribution in [0.3, 0.4) is 0 Å². The van der Waals surface area contributed by atoms with Crippen LogP contribution >= 0.6 is 0 Å². The summed E-state index contributed by atoms with van der Waals surface area (Å²) in [6.07, 6.45) is 1.98. The molecule has 1 amide bonds. The molecule has 0 radical (unpaired) electrons. The van der Waals surface area contributed by atoms with E-state index in [9.17, 15) is 18.4 Å². The van der Waals surface area contributed by atoms with Gasteiger partial charge in [0.1, 0.15) is 17.5 Å². The molecule has 4 rings (SSSR count). The standard InChI is InChI=1S/C20H18F2N4O2/c21-14-8-9-16(17(22)12-14)19(27)23-10-11-25-20(28)26(15-4-2-1-3-5-15)18(24-25)13-6-7-13/h1-5,8-9,12-13H,6-7,10-11H2,(H,23,27). The lowest BCUT2D eigenvalue weighted by Crippen LogP contribution is -2.32. The van der Waals surface area contributed by atoms with Crippen LogP contribution in [-0.2, 0) is 6.54 Å². The van der Waals surface area contributed by atoms with E-state index in [-0.39, 0.29) is 30.3 Å². The number of para-hydroxylation sites is 1. The van der Waals surface area contributed by atoms with Gasteiger partial charge in [0.05, 0.1) is 17.8 Å². The van der Waals surface area contributed by atoms with Gasteiger partial charge in [0, 0.05) is 18.5 Å². The Labute approximate surface area is 159 Å². The number of amides is 1. The summed E-state index contributed by atoms with van der Waals surface area (Å²) < 4.78 is 29.5. The summed E-state index contributed by atoms with van der Waals surface area (Å²) in [4.78, 5) is 24.9. The van der Waals surface area contributed by atoms with Crippen LogP contribution in [-0.4, -0.2) is 26.8 Å². The highest BCUT2D eigenvalue weighted by molar-refractivity contribution is 5.94. The Morgan fingerprint density at radius 3 is 2.57 bits per heavy atom. The number of benzene rings is 2. The number of halogens is 2. The van der Waals surface area contributed by atoms with Crippen LogP contribution < -0.4 is 11.0 Å². The normalized spacial score (nSPS) is 13.5. The van der Waals surface area contributed by atoms with Crippen molar-refractivity contribution in [2.75, 3.05) is 6.54 Å². The van der Waals surface area contributed by atoms with Gasteiger partial charge in [-0.2, -0.15) is 5.10 Å². The van der Waals surface area contributed by atoms with Crippen molar-refractivity contribution in [3.05, 3.63) is 82.0 Å². The van der Waals surface area contributed by atoms with E-state index < -0.39 is 17.5 Å². The van der Waals surface area contributed by atoms with Crippen LogP contribution in [0, 0.1) is 11.6 Å². The van der Waals surface area contributed by atoms with Gasteiger partial charge in [-0.3, -0.25) is 4.79 Å². The van der Waals surface area contributed by atoms with Gasteiger partial charge in [0.2, 0.25) is 0 Å². The van der Waals surface area contributed by atoms with Crippen molar-refractivity contribution in [2.24, 2.45) is 0 Å². The number of nitrogens with zero attached hydrogens (tertiary/aromatic N) is 3. The average Bonchev–Trinajstić information content (AvgIpc) is 3.47. The lowest BCUT2D eigenvalue weighted by Gasteiger charge is -2.06. The molecule has 1 aliphatic rings. The Kier molecular flexibility index (Phi) is 4.77. The zero-order valence-electron chi connectivity index (χ0n) is 14.9. The van der Waals surface area contributed by atoms with Crippen molar-refractivity contribution in [1.29, 1.82) is 0 Å². The van der Waals surface area contributed by atoms with Crippen molar-refractivity contribution >= 4 is 5.91 Å². The second-order valence-corrected chi connectivity index (χ2v) is 6.69. The molecule has 1 aromatic heterocycles. The van der Waals surface area contributed by atoms with E-state index in [1.807, 2.05) is 30.3 Å². The lowest BCUT2D eigenvalue weighted by molar-refractivity contribution is 0.0947. The largest absolute Gasteiger partial charge is 0.350 e. The van der Waals surface area contributed by atoms with E-state index >= 15 is 0 Å². The van der Waals surface area contributed by atoms with E-state index in [0.717, 1.165) is 30.7 Å². The quantitative estimate of drug-likeness (QED) is 0.710. The maximum absolute atomic E-state index is 13.7. The summed E-state index contributed by atoms with van der Waals surface area (Å²) in [7, 11) is 0. The van der Waals surface area contributed by atoms with Crippen LogP contribution in [0.1, 0.15) is 34.9 Å². The molecule has 0 atom stereocenters. The number of rotatable bonds is 6. The average molecular weight is 384 g/mol. The van der Waals surface area contributed by atoms with Gasteiger partial charge in [0.25, 0.3) is 5.91 Å². The van der Waals surface area contributed by atoms with E-state index in [1.54, 1.807) is 4.57 Å². The first kappa shape index (κ1) is 18.1. The molecule has 0 spiro atoms. The van der Waals surface area contributed by atoms with Crippen molar-refractivity contribution in [3.63, 3.8) is 0 Å². The molecule has 28 heavy (non-hydrogen) atoms.